The van der Waals surface area contributed by atoms with Crippen molar-refractivity contribution in [2.45, 2.75) is 32.2 Å². The average Bonchev–Trinajstić information content (AvgIpc) is 2.34. The summed E-state index contributed by atoms with van der Waals surface area (Å²) >= 11 is 0. The first-order valence-electron chi connectivity index (χ1n) is 6.66. The molecule has 1 atom stereocenters. The molecule has 92 valence electrons. The van der Waals surface area contributed by atoms with Crippen LogP contribution >= 0.6 is 0 Å². The summed E-state index contributed by atoms with van der Waals surface area (Å²) in [5, 5.41) is 3.74. The lowest BCUT2D eigenvalue weighted by Gasteiger charge is -2.40. The highest BCUT2D eigenvalue weighted by molar-refractivity contribution is 5.32. The number of rotatable bonds is 3. The van der Waals surface area contributed by atoms with Crippen LogP contribution in [-0.4, -0.2) is 19.8 Å². The maximum Gasteiger partial charge on any atom is 0.0554 e. The van der Waals surface area contributed by atoms with Gasteiger partial charge in [-0.15, -0.1) is 0 Å². The normalized spacial score (nSPS) is 26.1. The monoisotopic (exact) mass is 231 g/mol. The van der Waals surface area contributed by atoms with Gasteiger partial charge in [0, 0.05) is 18.0 Å². The smallest absolute Gasteiger partial charge is 0.0554 e. The van der Waals surface area contributed by atoms with Gasteiger partial charge in [0.2, 0.25) is 0 Å². The third-order valence-electron chi connectivity index (χ3n) is 4.05. The van der Waals surface area contributed by atoms with Gasteiger partial charge in [-0.05, 0) is 30.4 Å². The van der Waals surface area contributed by atoms with Crippen molar-refractivity contribution in [2.75, 3.05) is 19.8 Å². The third-order valence-corrected chi connectivity index (χ3v) is 4.05. The Hall–Kier alpha value is -0.860. The summed E-state index contributed by atoms with van der Waals surface area (Å²) in [5.41, 5.74) is 3.42. The molecule has 2 nitrogen and oxygen atoms in total. The van der Waals surface area contributed by atoms with Crippen LogP contribution in [0.5, 0.6) is 0 Å². The molecule has 1 aliphatic carbocycles. The summed E-state index contributed by atoms with van der Waals surface area (Å²) in [6.45, 7) is 5.20. The molecule has 1 unspecified atom stereocenters. The minimum atomic E-state index is 0.367. The Bertz CT molecular complexity index is 398. The van der Waals surface area contributed by atoms with Crippen LogP contribution in [0, 0.1) is 5.41 Å². The lowest BCUT2D eigenvalue weighted by atomic mass is 9.85. The second kappa shape index (κ2) is 4.43. The van der Waals surface area contributed by atoms with Gasteiger partial charge in [-0.3, -0.25) is 0 Å². The lowest BCUT2D eigenvalue weighted by molar-refractivity contribution is -0.100. The Morgan fingerprint density at radius 3 is 2.94 bits per heavy atom. The van der Waals surface area contributed by atoms with Crippen molar-refractivity contribution >= 4 is 0 Å². The Morgan fingerprint density at radius 2 is 2.18 bits per heavy atom. The molecule has 1 heterocycles. The summed E-state index contributed by atoms with van der Waals surface area (Å²) < 4.78 is 5.31. The fourth-order valence-corrected chi connectivity index (χ4v) is 2.89. The molecule has 0 bridgehead atoms. The highest BCUT2D eigenvalue weighted by Crippen LogP contribution is 2.31. The predicted molar refractivity (Wildman–Crippen MR) is 69.0 cm³/mol. The van der Waals surface area contributed by atoms with Gasteiger partial charge in [-0.2, -0.15) is 0 Å². The van der Waals surface area contributed by atoms with Crippen LogP contribution in [0.4, 0.5) is 0 Å². The molecule has 0 amide bonds. The van der Waals surface area contributed by atoms with E-state index in [1.807, 2.05) is 0 Å². The van der Waals surface area contributed by atoms with Crippen LogP contribution in [0.3, 0.4) is 0 Å². The number of hydrogen-bond donors (Lipinski definition) is 1. The van der Waals surface area contributed by atoms with E-state index in [2.05, 4.69) is 36.5 Å². The molecule has 17 heavy (non-hydrogen) atoms. The standard InChI is InChI=1S/C15H21NO/c1-15(10-17-11-15)9-16-14-8-4-6-12-5-2-3-7-13(12)14/h2-3,5,7,14,16H,4,6,8-11H2,1H3. The fourth-order valence-electron chi connectivity index (χ4n) is 2.89. The molecule has 0 radical (unpaired) electrons. The van der Waals surface area contributed by atoms with E-state index in [9.17, 15) is 0 Å². The minimum absolute atomic E-state index is 0.367. The van der Waals surface area contributed by atoms with Crippen molar-refractivity contribution < 1.29 is 4.74 Å². The predicted octanol–water partition coefficient (Wildman–Crippen LogP) is 2.69. The fraction of sp³-hybridized carbons (Fsp3) is 0.600. The van der Waals surface area contributed by atoms with E-state index in [0.717, 1.165) is 19.8 Å². The van der Waals surface area contributed by atoms with Gasteiger partial charge >= 0.3 is 0 Å². The Balaban J connectivity index is 1.68. The van der Waals surface area contributed by atoms with Crippen LogP contribution in [-0.2, 0) is 11.2 Å². The van der Waals surface area contributed by atoms with Gasteiger partial charge in [0.15, 0.2) is 0 Å². The number of nitrogens with one attached hydrogen (secondary N) is 1. The largest absolute Gasteiger partial charge is 0.380 e. The summed E-state index contributed by atoms with van der Waals surface area (Å²) in [6.07, 6.45) is 3.82. The van der Waals surface area contributed by atoms with E-state index < -0.39 is 0 Å². The third kappa shape index (κ3) is 2.24. The molecule has 1 fully saturated rings. The topological polar surface area (TPSA) is 21.3 Å². The van der Waals surface area contributed by atoms with E-state index in [-0.39, 0.29) is 0 Å². The Kier molecular flexibility index (Phi) is 2.93. The Labute approximate surface area is 103 Å². The van der Waals surface area contributed by atoms with Crippen molar-refractivity contribution in [1.29, 1.82) is 0 Å². The van der Waals surface area contributed by atoms with E-state index >= 15 is 0 Å². The van der Waals surface area contributed by atoms with Crippen molar-refractivity contribution in [2.24, 2.45) is 5.41 Å². The molecule has 2 heteroatoms. The summed E-state index contributed by atoms with van der Waals surface area (Å²) in [7, 11) is 0. The molecule has 1 aromatic carbocycles. The van der Waals surface area contributed by atoms with Gasteiger partial charge in [0.05, 0.1) is 13.2 Å². The zero-order chi connectivity index (χ0) is 11.7. The number of benzene rings is 1. The molecule has 2 aliphatic rings. The molecule has 0 saturated carbocycles. The van der Waals surface area contributed by atoms with Crippen LogP contribution in [0.2, 0.25) is 0 Å². The number of aryl methyl sites for hydroxylation is 1. The molecular formula is C15H21NO. The van der Waals surface area contributed by atoms with Crippen molar-refractivity contribution in [1.82, 2.24) is 5.32 Å². The Morgan fingerprint density at radius 1 is 1.35 bits per heavy atom. The maximum atomic E-state index is 5.31. The second-order valence-electron chi connectivity index (χ2n) is 5.83. The summed E-state index contributed by atoms with van der Waals surface area (Å²) in [5.74, 6) is 0. The first-order chi connectivity index (χ1) is 8.27. The maximum absolute atomic E-state index is 5.31. The second-order valence-corrected chi connectivity index (χ2v) is 5.83. The lowest BCUT2D eigenvalue weighted by Crippen LogP contribution is -2.48. The molecule has 1 aliphatic heterocycles. The molecule has 1 saturated heterocycles. The zero-order valence-electron chi connectivity index (χ0n) is 10.5. The van der Waals surface area contributed by atoms with Gasteiger partial charge in [-0.1, -0.05) is 31.2 Å². The quantitative estimate of drug-likeness (QED) is 0.863. The molecular weight excluding hydrogens is 210 g/mol. The van der Waals surface area contributed by atoms with Crippen molar-refractivity contribution in [3.05, 3.63) is 35.4 Å². The number of ether oxygens (including phenoxy) is 1. The highest BCUT2D eigenvalue weighted by Gasteiger charge is 2.34. The minimum Gasteiger partial charge on any atom is -0.380 e. The first-order valence-corrected chi connectivity index (χ1v) is 6.66. The number of fused-ring (bicyclic) bond motifs is 1. The van der Waals surface area contributed by atoms with Crippen LogP contribution in [0.25, 0.3) is 0 Å². The van der Waals surface area contributed by atoms with Crippen molar-refractivity contribution in [3.63, 3.8) is 0 Å². The first kappa shape index (κ1) is 11.2. The highest BCUT2D eigenvalue weighted by atomic mass is 16.5. The van der Waals surface area contributed by atoms with Crippen LogP contribution in [0.1, 0.15) is 36.9 Å². The molecule has 1 aromatic rings. The van der Waals surface area contributed by atoms with Crippen LogP contribution < -0.4 is 5.32 Å². The molecule has 0 spiro atoms. The zero-order valence-corrected chi connectivity index (χ0v) is 10.5. The van der Waals surface area contributed by atoms with Crippen molar-refractivity contribution in [3.8, 4) is 0 Å². The van der Waals surface area contributed by atoms with Gasteiger partial charge < -0.3 is 10.1 Å². The SMILES string of the molecule is CC1(CNC2CCCc3ccccc32)COC1. The van der Waals surface area contributed by atoms with Gasteiger partial charge in [0.25, 0.3) is 0 Å². The molecule has 0 aromatic heterocycles. The van der Waals surface area contributed by atoms with E-state index in [0.29, 0.717) is 11.5 Å². The van der Waals surface area contributed by atoms with Gasteiger partial charge in [0.1, 0.15) is 0 Å². The number of hydrogen-bond acceptors (Lipinski definition) is 2. The van der Waals surface area contributed by atoms with E-state index in [1.54, 1.807) is 0 Å². The van der Waals surface area contributed by atoms with Gasteiger partial charge in [-0.25, -0.2) is 0 Å². The van der Waals surface area contributed by atoms with Crippen LogP contribution in [0.15, 0.2) is 24.3 Å². The summed E-state index contributed by atoms with van der Waals surface area (Å²) in [6, 6.07) is 9.43. The summed E-state index contributed by atoms with van der Waals surface area (Å²) in [4.78, 5) is 0. The average molecular weight is 231 g/mol. The van der Waals surface area contributed by atoms with E-state index in [1.165, 1.54) is 30.4 Å². The van der Waals surface area contributed by atoms with E-state index in [4.69, 9.17) is 4.74 Å². The molecule has 1 N–H and O–H groups in total. The molecule has 3 rings (SSSR count).